The fourth-order valence-corrected chi connectivity index (χ4v) is 12.2. The lowest BCUT2D eigenvalue weighted by molar-refractivity contribution is -0.144. The molecule has 0 saturated carbocycles. The van der Waals surface area contributed by atoms with E-state index in [-0.39, 0.29) is 72.7 Å². The minimum Gasteiger partial charge on any atom is -0.391 e. The van der Waals surface area contributed by atoms with Gasteiger partial charge < -0.3 is 40.4 Å². The molecule has 4 aromatic carbocycles. The van der Waals surface area contributed by atoms with Gasteiger partial charge in [-0.25, -0.2) is 27.2 Å². The van der Waals surface area contributed by atoms with Crippen LogP contribution in [0.1, 0.15) is 71.1 Å². The Balaban J connectivity index is 0.797. The molecule has 5 N–H and O–H groups in total. The van der Waals surface area contributed by atoms with Crippen LogP contribution in [0.15, 0.2) is 120 Å². The normalized spacial score (nSPS) is 15.5. The molecule has 10 rings (SSSR count). The lowest BCUT2D eigenvalue weighted by Crippen LogP contribution is -2.58. The van der Waals surface area contributed by atoms with Crippen LogP contribution in [0.2, 0.25) is 0 Å². The number of likely N-dealkylation sites (tertiary alicyclic amines) is 1. The van der Waals surface area contributed by atoms with Gasteiger partial charge >= 0.3 is 0 Å². The maximum Gasteiger partial charge on any atom is 0.274 e. The molecule has 2 aliphatic rings. The minimum absolute atomic E-state index is 0.00353. The number of aromatic amines is 1. The van der Waals surface area contributed by atoms with Gasteiger partial charge in [-0.1, -0.05) is 93.6 Å². The van der Waals surface area contributed by atoms with E-state index in [2.05, 4.69) is 30.9 Å². The Kier molecular flexibility index (Phi) is 15.4. The first kappa shape index (κ1) is 55.9. The van der Waals surface area contributed by atoms with Crippen molar-refractivity contribution < 1.29 is 41.5 Å². The number of nitrogens with zero attached hydrogens (tertiary/aromatic N) is 5. The summed E-state index contributed by atoms with van der Waals surface area (Å²) in [6.07, 6.45) is 4.26. The zero-order valence-electron chi connectivity index (χ0n) is 45.3. The van der Waals surface area contributed by atoms with Crippen molar-refractivity contribution in [3.63, 3.8) is 0 Å². The molecule has 0 bridgehead atoms. The van der Waals surface area contributed by atoms with E-state index in [0.717, 1.165) is 45.3 Å². The van der Waals surface area contributed by atoms with E-state index in [1.54, 1.807) is 42.4 Å². The number of pyridine rings is 2. The number of aryl methyl sites for hydroxylation is 2. The number of halogens is 2. The molecule has 2 aliphatic heterocycles. The summed E-state index contributed by atoms with van der Waals surface area (Å²) >= 11 is 1.56. The number of rotatable bonds is 15. The van der Waals surface area contributed by atoms with Gasteiger partial charge in [0.2, 0.25) is 17.7 Å². The second kappa shape index (κ2) is 22.3. The van der Waals surface area contributed by atoms with E-state index in [0.29, 0.717) is 39.3 Å². The number of carbonyl (C=O) groups is 4. The molecule has 6 heterocycles. The van der Waals surface area contributed by atoms with Gasteiger partial charge in [-0.05, 0) is 69.0 Å². The molecule has 21 heteroatoms. The number of hydrogen-bond donors (Lipinski definition) is 5. The highest BCUT2D eigenvalue weighted by molar-refractivity contribution is 7.89. The molecule has 17 nitrogen and oxygen atoms in total. The Morgan fingerprint density at radius 2 is 1.52 bits per heavy atom. The summed E-state index contributed by atoms with van der Waals surface area (Å²) in [7, 11) is -2.16. The number of sulfone groups is 1. The van der Waals surface area contributed by atoms with Crippen molar-refractivity contribution in [1.29, 1.82) is 0 Å². The summed E-state index contributed by atoms with van der Waals surface area (Å²) in [6, 6.07) is 24.4. The zero-order valence-corrected chi connectivity index (χ0v) is 46.9. The van der Waals surface area contributed by atoms with Crippen LogP contribution in [0.4, 0.5) is 20.3 Å². The number of anilines is 2. The second-order valence-electron chi connectivity index (χ2n) is 21.9. The van der Waals surface area contributed by atoms with Crippen LogP contribution in [0, 0.1) is 24.0 Å². The second-order valence-corrected chi connectivity index (χ2v) is 24.9. The summed E-state index contributed by atoms with van der Waals surface area (Å²) in [5.74, 6) is -4.50. The predicted molar refractivity (Wildman–Crippen MR) is 306 cm³/mol. The number of aliphatic hydroxyl groups excluding tert-OH is 1. The molecule has 81 heavy (non-hydrogen) atoms. The van der Waals surface area contributed by atoms with Crippen molar-refractivity contribution >= 4 is 67.2 Å². The average Bonchev–Trinajstić information content (AvgIpc) is 4.17. The van der Waals surface area contributed by atoms with E-state index in [4.69, 9.17) is 0 Å². The van der Waals surface area contributed by atoms with Crippen molar-refractivity contribution in [3.8, 4) is 32.7 Å². The lowest BCUT2D eigenvalue weighted by atomic mass is 9.85. The minimum atomic E-state index is -3.73. The summed E-state index contributed by atoms with van der Waals surface area (Å²) in [6.45, 7) is 7.62. The number of aromatic nitrogens is 4. The van der Waals surface area contributed by atoms with Gasteiger partial charge in [-0.15, -0.1) is 11.3 Å². The Hall–Kier alpha value is -8.40. The first-order valence-electron chi connectivity index (χ1n) is 26.1. The third-order valence-corrected chi connectivity index (χ3v) is 16.5. The topological polar surface area (TPSA) is 229 Å². The summed E-state index contributed by atoms with van der Waals surface area (Å²) in [5.41, 5.74) is 8.89. The van der Waals surface area contributed by atoms with Gasteiger partial charge in [0.1, 0.15) is 23.4 Å². The van der Waals surface area contributed by atoms with Crippen molar-refractivity contribution in [3.05, 3.63) is 176 Å². The molecular weight excluding hydrogens is 1080 g/mol. The number of amides is 4. The lowest BCUT2D eigenvalue weighted by Gasteiger charge is -2.35. The van der Waals surface area contributed by atoms with Crippen molar-refractivity contribution in [2.45, 2.75) is 84.1 Å². The van der Waals surface area contributed by atoms with Gasteiger partial charge in [-0.3, -0.25) is 24.0 Å². The number of fused-ring (bicyclic) bond motifs is 2. The Morgan fingerprint density at radius 3 is 2.14 bits per heavy atom. The highest BCUT2D eigenvalue weighted by Gasteiger charge is 2.44. The average molecular weight is 1140 g/mol. The summed E-state index contributed by atoms with van der Waals surface area (Å²) < 4.78 is 57.1. The third kappa shape index (κ3) is 11.9. The Labute approximate surface area is 470 Å². The molecule has 1 saturated heterocycles. The van der Waals surface area contributed by atoms with Gasteiger partial charge in [-0.2, -0.15) is 0 Å². The van der Waals surface area contributed by atoms with E-state index in [1.807, 2.05) is 100 Å². The number of aliphatic hydroxyl groups is 1. The molecule has 3 atom stereocenters. The largest absolute Gasteiger partial charge is 0.391 e. The maximum atomic E-state index is 15.6. The maximum absolute atomic E-state index is 15.6. The highest BCUT2D eigenvalue weighted by atomic mass is 32.2. The van der Waals surface area contributed by atoms with E-state index in [9.17, 15) is 41.9 Å². The molecule has 4 amide bonds. The van der Waals surface area contributed by atoms with E-state index in [1.165, 1.54) is 20.4 Å². The quantitative estimate of drug-likeness (QED) is 0.0666. The SMILES string of the molecule is Cc1ncsc1-c1ccc(CNC(=O)[C@@H]2C[C@@H](O)CN2C(=O)[C@@H](NC(=O)Cc2ccc(-c3ccc(CNC(=O)c4cc5c(cc4CS(C)(=O)=O)-c4cn(C)c(=O)c6[nH]cc(c46)CN5c4ncc(F)cc4F)cc3)cc2)C(C)(C)C)cc1. The molecule has 0 spiro atoms. The highest BCUT2D eigenvalue weighted by Crippen LogP contribution is 2.45. The number of thiazole rings is 1. The van der Waals surface area contributed by atoms with Crippen LogP contribution in [0.3, 0.4) is 0 Å². The number of β-amino-alcohol motifs (C(OH)–C–C–N with tert-alkyl or cyclic N) is 1. The fourth-order valence-electron chi connectivity index (χ4n) is 10.6. The van der Waals surface area contributed by atoms with Crippen molar-refractivity contribution in [1.82, 2.24) is 40.4 Å². The molecule has 0 unspecified atom stereocenters. The van der Waals surface area contributed by atoms with Crippen LogP contribution >= 0.6 is 11.3 Å². The van der Waals surface area contributed by atoms with E-state index < -0.39 is 74.5 Å². The fraction of sp³-hybridized carbons (Fsp3) is 0.283. The standard InChI is InChI=1S/C60H59F2N9O8S2/c1-33-53(80-32-67-33)39-17-11-36(12-18-39)25-66-57(75)49-22-43(72)29-71(49)59(77)54(60(2,3)4)68-50(73)19-34-7-13-37(14-8-34)38-15-9-35(10-16-38)24-65-56(74)44-23-48-45(20-40(44)31-81(6,78)79)46-30-69(5)58(76)52-51(46)41(26-63-52)28-70(48)55-47(62)21-42(61)27-64-55/h7-18,20-21,23,26-27,30,32,43,49,54,63,72H,19,22,24-25,28-29,31H2,1-6H3,(H,65,74)(H,66,75)(H,68,73)/t43-,49+,54-/m1/s1. The molecule has 418 valence electrons. The number of benzene rings is 4. The predicted octanol–water partition coefficient (Wildman–Crippen LogP) is 7.78. The van der Waals surface area contributed by atoms with Gasteiger partial charge in [0, 0.05) is 79.9 Å². The summed E-state index contributed by atoms with van der Waals surface area (Å²) in [5, 5.41) is 20.0. The molecule has 1 fully saturated rings. The monoisotopic (exact) mass is 1140 g/mol. The smallest absolute Gasteiger partial charge is 0.274 e. The van der Waals surface area contributed by atoms with Gasteiger partial charge in [0.15, 0.2) is 21.5 Å². The number of hydrogen-bond acceptors (Lipinski definition) is 12. The first-order valence-corrected chi connectivity index (χ1v) is 29.1. The molecule has 8 aromatic rings. The van der Waals surface area contributed by atoms with Crippen LogP contribution in [0.25, 0.3) is 43.6 Å². The van der Waals surface area contributed by atoms with Crippen molar-refractivity contribution in [2.24, 2.45) is 12.5 Å². The number of carbonyl (C=O) groups excluding carboxylic acids is 4. The van der Waals surface area contributed by atoms with Crippen LogP contribution < -0.4 is 26.4 Å². The van der Waals surface area contributed by atoms with E-state index >= 15 is 4.39 Å². The zero-order chi connectivity index (χ0) is 57.7. The van der Waals surface area contributed by atoms with Gasteiger partial charge in [0.05, 0.1) is 52.8 Å². The first-order chi connectivity index (χ1) is 38.5. The van der Waals surface area contributed by atoms with Crippen LogP contribution in [-0.2, 0) is 63.1 Å². The van der Waals surface area contributed by atoms with Crippen molar-refractivity contribution in [2.75, 3.05) is 17.7 Å². The molecule has 0 aliphatic carbocycles. The number of nitrogens with one attached hydrogen (secondary N) is 4. The Bertz CT molecular complexity index is 3950. The molecular formula is C60H59F2N9O8S2. The summed E-state index contributed by atoms with van der Waals surface area (Å²) in [4.78, 5) is 84.4. The van der Waals surface area contributed by atoms with Crippen LogP contribution in [0.5, 0.6) is 0 Å². The number of H-pyrrole nitrogens is 1. The molecule has 4 aromatic heterocycles. The Morgan fingerprint density at radius 1 is 0.877 bits per heavy atom. The third-order valence-electron chi connectivity index (χ3n) is 14.7. The molecule has 0 radical (unpaired) electrons. The van der Waals surface area contributed by atoms with Gasteiger partial charge in [0.25, 0.3) is 11.5 Å². The van der Waals surface area contributed by atoms with Crippen LogP contribution in [-0.4, -0.2) is 92.6 Å².